The Hall–Kier alpha value is -0.130. The largest absolute Gasteiger partial charge is 0.329 e. The van der Waals surface area contributed by atoms with Crippen LogP contribution in [0, 0.1) is 5.92 Å². The standard InChI is InChI=1S/C15H30N2O2S/c1-3-13-8-10-15(12-16,11-9-13)17(2)20(18,19)14-6-4-5-7-14/h13-14H,3-12,16H2,1-2H3. The summed E-state index contributed by atoms with van der Waals surface area (Å²) in [6, 6.07) is 0. The summed E-state index contributed by atoms with van der Waals surface area (Å²) in [5.41, 5.74) is 5.69. The van der Waals surface area contributed by atoms with Crippen LogP contribution in [-0.4, -0.2) is 37.1 Å². The predicted molar refractivity (Wildman–Crippen MR) is 83.0 cm³/mol. The first kappa shape index (κ1) is 16.2. The molecule has 2 N–H and O–H groups in total. The predicted octanol–water partition coefficient (Wildman–Crippen LogP) is 2.49. The number of hydrogen-bond acceptors (Lipinski definition) is 3. The van der Waals surface area contributed by atoms with Crippen LogP contribution in [0.2, 0.25) is 0 Å². The molecule has 0 spiro atoms. The highest BCUT2D eigenvalue weighted by Gasteiger charge is 2.45. The minimum absolute atomic E-state index is 0.167. The van der Waals surface area contributed by atoms with E-state index in [2.05, 4.69) is 6.92 Å². The lowest BCUT2D eigenvalue weighted by molar-refractivity contribution is 0.127. The Morgan fingerprint density at radius 1 is 1.15 bits per heavy atom. The van der Waals surface area contributed by atoms with Crippen molar-refractivity contribution in [3.05, 3.63) is 0 Å². The van der Waals surface area contributed by atoms with E-state index in [9.17, 15) is 8.42 Å². The van der Waals surface area contributed by atoms with Gasteiger partial charge in [0.1, 0.15) is 0 Å². The lowest BCUT2D eigenvalue weighted by Crippen LogP contribution is -2.57. The number of sulfonamides is 1. The molecule has 0 saturated heterocycles. The number of nitrogens with zero attached hydrogens (tertiary/aromatic N) is 1. The number of rotatable bonds is 5. The maximum atomic E-state index is 12.8. The topological polar surface area (TPSA) is 63.4 Å². The van der Waals surface area contributed by atoms with Gasteiger partial charge in [0.25, 0.3) is 0 Å². The molecule has 20 heavy (non-hydrogen) atoms. The fourth-order valence-electron chi connectivity index (χ4n) is 3.95. The van der Waals surface area contributed by atoms with Crippen LogP contribution in [0.15, 0.2) is 0 Å². The summed E-state index contributed by atoms with van der Waals surface area (Å²) in [4.78, 5) is 0. The molecule has 0 aromatic rings. The molecule has 4 nitrogen and oxygen atoms in total. The first-order valence-corrected chi connectivity index (χ1v) is 9.64. The van der Waals surface area contributed by atoms with Gasteiger partial charge in [0.15, 0.2) is 0 Å². The zero-order valence-electron chi connectivity index (χ0n) is 13.0. The average molecular weight is 302 g/mol. The summed E-state index contributed by atoms with van der Waals surface area (Å²) in [6.07, 6.45) is 9.00. The Kier molecular flexibility index (Phi) is 5.14. The Labute approximate surface area is 124 Å². The van der Waals surface area contributed by atoms with Crippen LogP contribution in [0.4, 0.5) is 0 Å². The number of nitrogens with two attached hydrogens (primary N) is 1. The normalized spacial score (nSPS) is 32.9. The maximum Gasteiger partial charge on any atom is 0.217 e. The van der Waals surface area contributed by atoms with E-state index in [-0.39, 0.29) is 10.8 Å². The highest BCUT2D eigenvalue weighted by Crippen LogP contribution is 2.39. The van der Waals surface area contributed by atoms with Crippen molar-refractivity contribution in [2.75, 3.05) is 13.6 Å². The van der Waals surface area contributed by atoms with E-state index in [0.717, 1.165) is 57.3 Å². The van der Waals surface area contributed by atoms with Gasteiger partial charge in [0.05, 0.1) is 5.25 Å². The van der Waals surface area contributed by atoms with Crippen molar-refractivity contribution in [1.29, 1.82) is 0 Å². The fraction of sp³-hybridized carbons (Fsp3) is 1.00. The molecular weight excluding hydrogens is 272 g/mol. The molecule has 0 unspecified atom stereocenters. The number of hydrogen-bond donors (Lipinski definition) is 1. The molecule has 0 aromatic carbocycles. The molecule has 0 radical (unpaired) electrons. The van der Waals surface area contributed by atoms with Crippen LogP contribution >= 0.6 is 0 Å². The summed E-state index contributed by atoms with van der Waals surface area (Å²) < 4.78 is 27.3. The maximum absolute atomic E-state index is 12.8. The van der Waals surface area contributed by atoms with Gasteiger partial charge < -0.3 is 5.73 Å². The van der Waals surface area contributed by atoms with E-state index in [1.54, 1.807) is 11.4 Å². The highest BCUT2D eigenvalue weighted by atomic mass is 32.2. The van der Waals surface area contributed by atoms with Crippen LogP contribution in [-0.2, 0) is 10.0 Å². The Morgan fingerprint density at radius 3 is 2.15 bits per heavy atom. The van der Waals surface area contributed by atoms with Crippen LogP contribution in [0.1, 0.15) is 64.7 Å². The van der Waals surface area contributed by atoms with E-state index >= 15 is 0 Å². The monoisotopic (exact) mass is 302 g/mol. The third kappa shape index (κ3) is 2.90. The fourth-order valence-corrected chi connectivity index (χ4v) is 6.12. The van der Waals surface area contributed by atoms with E-state index in [1.807, 2.05) is 0 Å². The molecule has 0 heterocycles. The van der Waals surface area contributed by atoms with Crippen molar-refractivity contribution in [2.45, 2.75) is 75.5 Å². The van der Waals surface area contributed by atoms with Gasteiger partial charge in [-0.05, 0) is 44.4 Å². The van der Waals surface area contributed by atoms with Crippen LogP contribution in [0.3, 0.4) is 0 Å². The zero-order valence-corrected chi connectivity index (χ0v) is 13.8. The molecule has 0 bridgehead atoms. The SMILES string of the molecule is CCC1CCC(CN)(N(C)S(=O)(=O)C2CCCC2)CC1. The summed E-state index contributed by atoms with van der Waals surface area (Å²) >= 11 is 0. The van der Waals surface area contributed by atoms with Gasteiger partial charge in [-0.2, -0.15) is 4.31 Å². The highest BCUT2D eigenvalue weighted by molar-refractivity contribution is 7.89. The van der Waals surface area contributed by atoms with Crippen molar-refractivity contribution in [3.8, 4) is 0 Å². The first-order valence-electron chi connectivity index (χ1n) is 8.14. The van der Waals surface area contributed by atoms with E-state index < -0.39 is 10.0 Å². The molecule has 2 fully saturated rings. The number of likely N-dealkylation sites (N-methyl/N-ethyl adjacent to an activating group) is 1. The van der Waals surface area contributed by atoms with Gasteiger partial charge in [-0.15, -0.1) is 0 Å². The Bertz CT molecular complexity index is 408. The van der Waals surface area contributed by atoms with Gasteiger partial charge >= 0.3 is 0 Å². The minimum Gasteiger partial charge on any atom is -0.329 e. The molecular formula is C15H30N2O2S. The van der Waals surface area contributed by atoms with Crippen LogP contribution in [0.25, 0.3) is 0 Å². The smallest absolute Gasteiger partial charge is 0.217 e. The third-order valence-electron chi connectivity index (χ3n) is 5.77. The van der Waals surface area contributed by atoms with Crippen LogP contribution < -0.4 is 5.73 Å². The van der Waals surface area contributed by atoms with Gasteiger partial charge in [0.2, 0.25) is 10.0 Å². The van der Waals surface area contributed by atoms with E-state index in [4.69, 9.17) is 5.73 Å². The molecule has 0 atom stereocenters. The second-order valence-corrected chi connectivity index (χ2v) is 8.94. The summed E-state index contributed by atoms with van der Waals surface area (Å²) in [5, 5.41) is -0.167. The van der Waals surface area contributed by atoms with Crippen molar-refractivity contribution in [2.24, 2.45) is 11.7 Å². The van der Waals surface area contributed by atoms with Crippen molar-refractivity contribution >= 4 is 10.0 Å². The lowest BCUT2D eigenvalue weighted by atomic mass is 9.75. The van der Waals surface area contributed by atoms with E-state index in [0.29, 0.717) is 6.54 Å². The summed E-state index contributed by atoms with van der Waals surface area (Å²) in [6.45, 7) is 2.67. The Morgan fingerprint density at radius 2 is 1.70 bits per heavy atom. The molecule has 0 aliphatic heterocycles. The molecule has 0 amide bonds. The summed E-state index contributed by atoms with van der Waals surface area (Å²) in [7, 11) is -1.41. The van der Waals surface area contributed by atoms with Crippen LogP contribution in [0.5, 0.6) is 0 Å². The molecule has 0 aromatic heterocycles. The van der Waals surface area contributed by atoms with Crippen molar-refractivity contribution in [1.82, 2.24) is 4.31 Å². The molecule has 5 heteroatoms. The quantitative estimate of drug-likeness (QED) is 0.848. The van der Waals surface area contributed by atoms with Gasteiger partial charge in [-0.1, -0.05) is 26.2 Å². The first-order chi connectivity index (χ1) is 9.46. The van der Waals surface area contributed by atoms with E-state index in [1.165, 1.54) is 6.42 Å². The average Bonchev–Trinajstić information content (AvgIpc) is 3.01. The minimum atomic E-state index is -3.18. The second kappa shape index (κ2) is 6.32. The van der Waals surface area contributed by atoms with Gasteiger partial charge in [0, 0.05) is 19.1 Å². The third-order valence-corrected chi connectivity index (χ3v) is 8.23. The summed E-state index contributed by atoms with van der Waals surface area (Å²) in [5.74, 6) is 0.747. The zero-order chi connectivity index (χ0) is 14.8. The molecule has 2 aliphatic carbocycles. The van der Waals surface area contributed by atoms with Crippen molar-refractivity contribution in [3.63, 3.8) is 0 Å². The molecule has 118 valence electrons. The Balaban J connectivity index is 2.14. The van der Waals surface area contributed by atoms with Crippen molar-refractivity contribution < 1.29 is 8.42 Å². The van der Waals surface area contributed by atoms with Gasteiger partial charge in [-0.25, -0.2) is 8.42 Å². The van der Waals surface area contributed by atoms with Gasteiger partial charge in [-0.3, -0.25) is 0 Å². The second-order valence-electron chi connectivity index (χ2n) is 6.70. The molecule has 2 saturated carbocycles. The lowest BCUT2D eigenvalue weighted by Gasteiger charge is -2.45. The molecule has 2 aliphatic rings. The molecule has 2 rings (SSSR count).